The third kappa shape index (κ3) is 4.37. The molecule has 2 saturated heterocycles. The van der Waals surface area contributed by atoms with Crippen molar-refractivity contribution in [2.75, 3.05) is 11.9 Å². The molecule has 6 rings (SSSR count). The fraction of sp³-hybridized carbons (Fsp3) is 0.464. The number of benzene rings is 1. The molecule has 5 heterocycles. The summed E-state index contributed by atoms with van der Waals surface area (Å²) in [6.45, 7) is 5.76. The Morgan fingerprint density at radius 2 is 1.79 bits per heavy atom. The van der Waals surface area contributed by atoms with Crippen molar-refractivity contribution in [3.05, 3.63) is 42.9 Å². The average Bonchev–Trinajstić information content (AvgIpc) is 3.60. The SMILES string of the molecule is CN(c1ccc(-c2ccc(-c3cnn(C)c3)c3cn[nH]c23)nn1)C1CC2CCC(C1)N2C(=O)OC(C)(C)C. The van der Waals surface area contributed by atoms with Gasteiger partial charge in [-0.3, -0.25) is 9.78 Å². The van der Waals surface area contributed by atoms with Crippen LogP contribution >= 0.6 is 0 Å². The van der Waals surface area contributed by atoms with E-state index in [4.69, 9.17) is 4.74 Å². The van der Waals surface area contributed by atoms with Crippen LogP contribution in [0, 0.1) is 0 Å². The Morgan fingerprint density at radius 3 is 2.42 bits per heavy atom. The first kappa shape index (κ1) is 24.4. The molecule has 2 aliphatic rings. The van der Waals surface area contributed by atoms with Gasteiger partial charge in [-0.1, -0.05) is 6.07 Å². The molecule has 2 atom stereocenters. The number of aromatic amines is 1. The number of aromatic nitrogens is 6. The molecule has 10 nitrogen and oxygen atoms in total. The van der Waals surface area contributed by atoms with Crippen molar-refractivity contribution in [1.82, 2.24) is 35.1 Å². The molecule has 198 valence electrons. The molecule has 2 fully saturated rings. The zero-order valence-corrected chi connectivity index (χ0v) is 22.5. The monoisotopic (exact) mass is 514 g/mol. The van der Waals surface area contributed by atoms with E-state index in [-0.39, 0.29) is 18.2 Å². The van der Waals surface area contributed by atoms with Crippen LogP contribution in [-0.4, -0.2) is 71.9 Å². The van der Waals surface area contributed by atoms with Gasteiger partial charge >= 0.3 is 6.09 Å². The van der Waals surface area contributed by atoms with E-state index in [0.717, 1.165) is 64.8 Å². The first-order valence-corrected chi connectivity index (χ1v) is 13.2. The van der Waals surface area contributed by atoms with E-state index in [1.807, 2.05) is 63.4 Å². The third-order valence-corrected chi connectivity index (χ3v) is 7.78. The Balaban J connectivity index is 1.19. The van der Waals surface area contributed by atoms with Gasteiger partial charge in [0.2, 0.25) is 0 Å². The van der Waals surface area contributed by atoms with Gasteiger partial charge in [0.05, 0.1) is 23.6 Å². The van der Waals surface area contributed by atoms with Crippen LogP contribution in [0.15, 0.2) is 42.9 Å². The number of H-pyrrole nitrogens is 1. The highest BCUT2D eigenvalue weighted by Crippen LogP contribution is 2.39. The summed E-state index contributed by atoms with van der Waals surface area (Å²) in [4.78, 5) is 17.0. The Labute approximate surface area is 222 Å². The van der Waals surface area contributed by atoms with E-state index in [9.17, 15) is 4.79 Å². The summed E-state index contributed by atoms with van der Waals surface area (Å²) in [5.74, 6) is 0.830. The number of hydrogen-bond donors (Lipinski definition) is 1. The van der Waals surface area contributed by atoms with E-state index in [0.29, 0.717) is 6.04 Å². The zero-order chi connectivity index (χ0) is 26.6. The van der Waals surface area contributed by atoms with Gasteiger partial charge in [0.1, 0.15) is 5.60 Å². The number of anilines is 1. The average molecular weight is 515 g/mol. The minimum absolute atomic E-state index is 0.185. The van der Waals surface area contributed by atoms with Gasteiger partial charge in [0.15, 0.2) is 5.82 Å². The van der Waals surface area contributed by atoms with Gasteiger partial charge in [0.25, 0.3) is 0 Å². The van der Waals surface area contributed by atoms with Crippen molar-refractivity contribution in [2.24, 2.45) is 7.05 Å². The molecular weight excluding hydrogens is 480 g/mol. The highest BCUT2D eigenvalue weighted by molar-refractivity contribution is 6.01. The molecule has 2 bridgehead atoms. The van der Waals surface area contributed by atoms with Crippen molar-refractivity contribution >= 4 is 22.8 Å². The topological polar surface area (TPSA) is 105 Å². The van der Waals surface area contributed by atoms with Gasteiger partial charge < -0.3 is 14.5 Å². The molecule has 1 N–H and O–H groups in total. The maximum absolute atomic E-state index is 12.8. The molecule has 2 aliphatic heterocycles. The molecule has 3 aromatic heterocycles. The number of ether oxygens (including phenoxy) is 1. The van der Waals surface area contributed by atoms with Crippen LogP contribution in [-0.2, 0) is 11.8 Å². The van der Waals surface area contributed by atoms with Gasteiger partial charge in [0, 0.05) is 54.9 Å². The number of rotatable bonds is 4. The Hall–Kier alpha value is -3.95. The number of carbonyl (C=O) groups is 1. The van der Waals surface area contributed by atoms with Crippen molar-refractivity contribution < 1.29 is 9.53 Å². The lowest BCUT2D eigenvalue weighted by Gasteiger charge is -2.42. The van der Waals surface area contributed by atoms with E-state index in [2.05, 4.69) is 49.6 Å². The summed E-state index contributed by atoms with van der Waals surface area (Å²) in [5, 5.41) is 22.0. The van der Waals surface area contributed by atoms with Crippen LogP contribution in [0.25, 0.3) is 33.3 Å². The maximum Gasteiger partial charge on any atom is 0.410 e. The summed E-state index contributed by atoms with van der Waals surface area (Å²) in [6, 6.07) is 8.89. The molecular formula is C28H34N8O2. The second-order valence-electron chi connectivity index (χ2n) is 11.5. The number of nitrogens with zero attached hydrogens (tertiary/aromatic N) is 7. The number of fused-ring (bicyclic) bond motifs is 3. The van der Waals surface area contributed by atoms with Crippen molar-refractivity contribution in [2.45, 2.75) is 70.2 Å². The summed E-state index contributed by atoms with van der Waals surface area (Å²) < 4.78 is 7.49. The minimum atomic E-state index is -0.484. The van der Waals surface area contributed by atoms with Crippen LogP contribution < -0.4 is 4.90 Å². The van der Waals surface area contributed by atoms with Gasteiger partial charge in [-0.15, -0.1) is 10.2 Å². The van der Waals surface area contributed by atoms with E-state index in [1.54, 1.807) is 4.68 Å². The van der Waals surface area contributed by atoms with Crippen LogP contribution in [0.2, 0.25) is 0 Å². The number of amides is 1. The molecule has 38 heavy (non-hydrogen) atoms. The van der Waals surface area contributed by atoms with Crippen LogP contribution in [0.5, 0.6) is 0 Å². The van der Waals surface area contributed by atoms with Gasteiger partial charge in [-0.2, -0.15) is 10.2 Å². The second kappa shape index (κ2) is 9.11. The standard InChI is InChI=1S/C28H34N8O2/c1-28(2,3)38-27(37)36-18-6-7-19(36)13-20(12-18)35(5)25-11-10-24(31-32-25)22-9-8-21(17-14-30-34(4)16-17)23-15-29-33-26(22)23/h8-11,14-16,18-20H,6-7,12-13H2,1-5H3,(H,29,33). The van der Waals surface area contributed by atoms with Crippen LogP contribution in [0.4, 0.5) is 10.6 Å². The fourth-order valence-corrected chi connectivity index (χ4v) is 5.98. The van der Waals surface area contributed by atoms with Gasteiger partial charge in [-0.25, -0.2) is 4.79 Å². The van der Waals surface area contributed by atoms with Crippen molar-refractivity contribution in [3.8, 4) is 22.4 Å². The Morgan fingerprint density at radius 1 is 1.05 bits per heavy atom. The van der Waals surface area contributed by atoms with Crippen LogP contribution in [0.3, 0.4) is 0 Å². The molecule has 0 spiro atoms. The number of carbonyl (C=O) groups excluding carboxylic acids is 1. The maximum atomic E-state index is 12.8. The molecule has 1 aromatic carbocycles. The predicted molar refractivity (Wildman–Crippen MR) is 146 cm³/mol. The third-order valence-electron chi connectivity index (χ3n) is 7.78. The molecule has 0 aliphatic carbocycles. The Bertz CT molecular complexity index is 1450. The molecule has 0 radical (unpaired) electrons. The Kier molecular flexibility index (Phi) is 5.85. The quantitative estimate of drug-likeness (QED) is 0.418. The molecule has 4 aromatic rings. The fourth-order valence-electron chi connectivity index (χ4n) is 5.98. The first-order chi connectivity index (χ1) is 18.2. The van der Waals surface area contributed by atoms with E-state index in [1.165, 1.54) is 0 Å². The van der Waals surface area contributed by atoms with Gasteiger partial charge in [-0.05, 0) is 70.2 Å². The highest BCUT2D eigenvalue weighted by Gasteiger charge is 2.46. The molecule has 1 amide bonds. The van der Waals surface area contributed by atoms with E-state index < -0.39 is 5.60 Å². The lowest BCUT2D eigenvalue weighted by molar-refractivity contribution is 0.00597. The summed E-state index contributed by atoms with van der Waals surface area (Å²) in [7, 11) is 3.99. The number of piperidine rings is 1. The normalized spacial score (nSPS) is 21.2. The smallest absolute Gasteiger partial charge is 0.410 e. The zero-order valence-electron chi connectivity index (χ0n) is 22.5. The number of aryl methyl sites for hydroxylation is 1. The molecule has 0 saturated carbocycles. The summed E-state index contributed by atoms with van der Waals surface area (Å²) >= 11 is 0. The second-order valence-corrected chi connectivity index (χ2v) is 11.5. The summed E-state index contributed by atoms with van der Waals surface area (Å²) in [5.41, 5.74) is 4.29. The highest BCUT2D eigenvalue weighted by atomic mass is 16.6. The lowest BCUT2D eigenvalue weighted by atomic mass is 9.96. The number of nitrogens with one attached hydrogen (secondary N) is 1. The lowest BCUT2D eigenvalue weighted by Crippen LogP contribution is -2.53. The molecule has 2 unspecified atom stereocenters. The largest absolute Gasteiger partial charge is 0.444 e. The first-order valence-electron chi connectivity index (χ1n) is 13.2. The minimum Gasteiger partial charge on any atom is -0.444 e. The van der Waals surface area contributed by atoms with Crippen LogP contribution in [0.1, 0.15) is 46.5 Å². The number of hydrogen-bond acceptors (Lipinski definition) is 7. The van der Waals surface area contributed by atoms with E-state index >= 15 is 0 Å². The predicted octanol–water partition coefficient (Wildman–Crippen LogP) is 4.79. The van der Waals surface area contributed by atoms with Crippen molar-refractivity contribution in [3.63, 3.8) is 0 Å². The van der Waals surface area contributed by atoms with Crippen molar-refractivity contribution in [1.29, 1.82) is 0 Å². The molecule has 10 heteroatoms. The summed E-state index contributed by atoms with van der Waals surface area (Å²) in [6.07, 6.45) is 9.36.